The second-order valence-corrected chi connectivity index (χ2v) is 6.82. The van der Waals surface area contributed by atoms with Gasteiger partial charge < -0.3 is 10.1 Å². The van der Waals surface area contributed by atoms with Gasteiger partial charge in [-0.1, -0.05) is 35.6 Å². The maximum Gasteiger partial charge on any atom is 0.231 e. The molecule has 22 heavy (non-hydrogen) atoms. The Kier molecular flexibility index (Phi) is 3.30. The minimum Gasteiger partial charge on any atom is -0.493 e. The van der Waals surface area contributed by atoms with E-state index in [9.17, 15) is 5.11 Å². The van der Waals surface area contributed by atoms with Gasteiger partial charge in [-0.2, -0.15) is 0 Å². The van der Waals surface area contributed by atoms with Crippen LogP contribution in [-0.4, -0.2) is 15.1 Å². The van der Waals surface area contributed by atoms with Crippen LogP contribution < -0.4 is 0 Å². The van der Waals surface area contributed by atoms with Crippen molar-refractivity contribution in [3.63, 3.8) is 0 Å². The fourth-order valence-corrected chi connectivity index (χ4v) is 3.67. The van der Waals surface area contributed by atoms with Gasteiger partial charge in [0, 0.05) is 8.96 Å². The number of para-hydroxylation sites is 2. The largest absolute Gasteiger partial charge is 0.493 e. The van der Waals surface area contributed by atoms with Crippen molar-refractivity contribution in [3.8, 4) is 5.88 Å². The van der Waals surface area contributed by atoms with Crippen molar-refractivity contribution in [2.24, 2.45) is 10.2 Å². The molecule has 4 aromatic rings. The first-order chi connectivity index (χ1) is 10.7. The van der Waals surface area contributed by atoms with Gasteiger partial charge in [-0.3, -0.25) is 0 Å². The third-order valence-electron chi connectivity index (χ3n) is 3.25. The first-order valence-corrected chi connectivity index (χ1v) is 8.38. The fourth-order valence-electron chi connectivity index (χ4n) is 2.25. The summed E-state index contributed by atoms with van der Waals surface area (Å²) in [5, 5.41) is 19.8. The molecule has 0 saturated carbocycles. The number of H-pyrrole nitrogens is 1. The number of nitrogens with one attached hydrogen (secondary N) is 1. The summed E-state index contributed by atoms with van der Waals surface area (Å²) < 4.78 is 2.08. The summed E-state index contributed by atoms with van der Waals surface area (Å²) in [6, 6.07) is 13.6. The lowest BCUT2D eigenvalue weighted by Gasteiger charge is -1.92. The van der Waals surface area contributed by atoms with Crippen molar-refractivity contribution in [2.75, 3.05) is 0 Å². The van der Waals surface area contributed by atoms with Gasteiger partial charge >= 0.3 is 0 Å². The number of nitrogens with zero attached hydrogens (tertiary/aromatic N) is 3. The highest BCUT2D eigenvalue weighted by Crippen LogP contribution is 2.38. The third kappa shape index (κ3) is 2.26. The van der Waals surface area contributed by atoms with E-state index >= 15 is 0 Å². The Morgan fingerprint density at radius 2 is 1.95 bits per heavy atom. The van der Waals surface area contributed by atoms with E-state index in [1.165, 1.54) is 11.3 Å². The number of thiazole rings is 1. The van der Waals surface area contributed by atoms with Crippen LogP contribution in [0.5, 0.6) is 5.88 Å². The standard InChI is InChI=1S/C15H9IN4OS/c16-9-5-3-4-8-12(9)18-14(21)13(8)19-20-15-17-10-6-1-2-7-11(10)22-15/h1-7,18,21H. The molecule has 2 N–H and O–H groups in total. The Balaban J connectivity index is 1.79. The van der Waals surface area contributed by atoms with Crippen LogP contribution in [0.25, 0.3) is 21.1 Å². The van der Waals surface area contributed by atoms with Crippen molar-refractivity contribution in [1.29, 1.82) is 0 Å². The number of aromatic amines is 1. The molecule has 2 aromatic carbocycles. The van der Waals surface area contributed by atoms with E-state index in [2.05, 4.69) is 42.8 Å². The second-order valence-electron chi connectivity index (χ2n) is 4.65. The second kappa shape index (κ2) is 5.33. The molecule has 0 spiro atoms. The van der Waals surface area contributed by atoms with Gasteiger partial charge in [0.2, 0.25) is 11.0 Å². The maximum atomic E-state index is 10.0. The summed E-state index contributed by atoms with van der Waals surface area (Å²) in [4.78, 5) is 7.34. The number of hydrogen-bond donors (Lipinski definition) is 2. The van der Waals surface area contributed by atoms with Crippen molar-refractivity contribution in [1.82, 2.24) is 9.97 Å². The first kappa shape index (κ1) is 13.6. The van der Waals surface area contributed by atoms with E-state index in [4.69, 9.17) is 0 Å². The summed E-state index contributed by atoms with van der Waals surface area (Å²) >= 11 is 3.68. The Morgan fingerprint density at radius 3 is 2.82 bits per heavy atom. The number of halogens is 1. The molecule has 0 aliphatic rings. The summed E-state index contributed by atoms with van der Waals surface area (Å²) in [6.45, 7) is 0. The molecule has 0 aliphatic carbocycles. The molecule has 0 atom stereocenters. The molecule has 2 heterocycles. The molecule has 0 saturated heterocycles. The number of rotatable bonds is 2. The average molecular weight is 420 g/mol. The number of aromatic nitrogens is 2. The van der Waals surface area contributed by atoms with Crippen molar-refractivity contribution >= 4 is 65.9 Å². The molecule has 7 heteroatoms. The number of benzene rings is 2. The first-order valence-electron chi connectivity index (χ1n) is 6.49. The van der Waals surface area contributed by atoms with Crippen LogP contribution in [0.15, 0.2) is 52.7 Å². The van der Waals surface area contributed by atoms with Gasteiger partial charge in [0.25, 0.3) is 0 Å². The van der Waals surface area contributed by atoms with Gasteiger partial charge in [-0.05, 0) is 40.8 Å². The number of fused-ring (bicyclic) bond motifs is 2. The zero-order chi connectivity index (χ0) is 15.1. The predicted molar refractivity (Wildman–Crippen MR) is 96.5 cm³/mol. The van der Waals surface area contributed by atoms with Crippen LogP contribution in [0.3, 0.4) is 0 Å². The van der Waals surface area contributed by atoms with Crippen LogP contribution in [0.1, 0.15) is 0 Å². The molecule has 108 valence electrons. The molecule has 5 nitrogen and oxygen atoms in total. The van der Waals surface area contributed by atoms with E-state index in [0.717, 1.165) is 24.7 Å². The highest BCUT2D eigenvalue weighted by molar-refractivity contribution is 14.1. The molecule has 0 amide bonds. The molecule has 0 radical (unpaired) electrons. The zero-order valence-corrected chi connectivity index (χ0v) is 14.1. The molecular weight excluding hydrogens is 411 g/mol. The van der Waals surface area contributed by atoms with E-state index in [-0.39, 0.29) is 5.88 Å². The highest BCUT2D eigenvalue weighted by atomic mass is 127. The van der Waals surface area contributed by atoms with Crippen LogP contribution in [-0.2, 0) is 0 Å². The Labute approximate surface area is 142 Å². The molecule has 0 unspecified atom stereocenters. The van der Waals surface area contributed by atoms with E-state index < -0.39 is 0 Å². The van der Waals surface area contributed by atoms with E-state index in [1.807, 2.05) is 42.5 Å². The SMILES string of the molecule is Oc1[nH]c2c(I)cccc2c1N=Nc1nc2ccccc2s1. The van der Waals surface area contributed by atoms with Gasteiger partial charge in [0.1, 0.15) is 0 Å². The molecule has 4 rings (SSSR count). The summed E-state index contributed by atoms with van der Waals surface area (Å²) in [5.41, 5.74) is 2.20. The number of azo groups is 1. The summed E-state index contributed by atoms with van der Waals surface area (Å²) in [6.07, 6.45) is 0. The molecule has 0 bridgehead atoms. The Hall–Kier alpha value is -2.00. The van der Waals surface area contributed by atoms with Crippen molar-refractivity contribution < 1.29 is 5.11 Å². The number of aromatic hydroxyl groups is 1. The van der Waals surface area contributed by atoms with Gasteiger partial charge in [0.15, 0.2) is 5.69 Å². The van der Waals surface area contributed by atoms with Crippen molar-refractivity contribution in [3.05, 3.63) is 46.0 Å². The normalized spacial score (nSPS) is 11.9. The van der Waals surface area contributed by atoms with Crippen LogP contribution in [0.2, 0.25) is 0 Å². The third-order valence-corrected chi connectivity index (χ3v) is 5.07. The lowest BCUT2D eigenvalue weighted by molar-refractivity contribution is 0.459. The fraction of sp³-hybridized carbons (Fsp3) is 0. The quantitative estimate of drug-likeness (QED) is 0.332. The van der Waals surface area contributed by atoms with Gasteiger partial charge in [0.05, 0.1) is 15.7 Å². The minimum absolute atomic E-state index is 0.0176. The minimum atomic E-state index is 0.0176. The van der Waals surface area contributed by atoms with Gasteiger partial charge in [-0.25, -0.2) is 4.98 Å². The van der Waals surface area contributed by atoms with Gasteiger partial charge in [-0.15, -0.1) is 10.2 Å². The number of hydrogen-bond acceptors (Lipinski definition) is 5. The van der Waals surface area contributed by atoms with Crippen LogP contribution in [0, 0.1) is 3.57 Å². The predicted octanol–water partition coefficient (Wildman–Crippen LogP) is 5.50. The average Bonchev–Trinajstić information content (AvgIpc) is 3.06. The summed E-state index contributed by atoms with van der Waals surface area (Å²) in [7, 11) is 0. The summed E-state index contributed by atoms with van der Waals surface area (Å²) in [5.74, 6) is 0.0176. The molecule has 0 fully saturated rings. The monoisotopic (exact) mass is 420 g/mol. The van der Waals surface area contributed by atoms with Crippen LogP contribution >= 0.6 is 33.9 Å². The van der Waals surface area contributed by atoms with Crippen LogP contribution in [0.4, 0.5) is 10.8 Å². The van der Waals surface area contributed by atoms with E-state index in [0.29, 0.717) is 10.8 Å². The highest BCUT2D eigenvalue weighted by Gasteiger charge is 2.12. The lowest BCUT2D eigenvalue weighted by Crippen LogP contribution is -1.72. The lowest BCUT2D eigenvalue weighted by atomic mass is 10.2. The maximum absolute atomic E-state index is 10.0. The smallest absolute Gasteiger partial charge is 0.231 e. The molecular formula is C15H9IN4OS. The van der Waals surface area contributed by atoms with Crippen molar-refractivity contribution in [2.45, 2.75) is 0 Å². The molecule has 0 aliphatic heterocycles. The van der Waals surface area contributed by atoms with E-state index in [1.54, 1.807) is 0 Å². The molecule has 2 aromatic heterocycles. The zero-order valence-electron chi connectivity index (χ0n) is 11.1. The topological polar surface area (TPSA) is 73.6 Å². The Morgan fingerprint density at radius 1 is 1.09 bits per heavy atom. The Bertz CT molecular complexity index is 988.